The fraction of sp³-hybridized carbons (Fsp3) is 0.350. The summed E-state index contributed by atoms with van der Waals surface area (Å²) < 4.78 is 38.8. The van der Waals surface area contributed by atoms with Gasteiger partial charge in [0, 0.05) is 18.8 Å². The number of aromatic amines is 1. The minimum absolute atomic E-state index is 0.0116. The van der Waals surface area contributed by atoms with Gasteiger partial charge in [-0.2, -0.15) is 18.3 Å². The Morgan fingerprint density at radius 1 is 1.30 bits per heavy atom. The SMILES string of the molecule is C[C@H](N)C(=O)N[C@H](/C=C/CN(C(=O)C(F)(F)F)c1cn[nH]c1)CCc1ccccc1. The predicted molar refractivity (Wildman–Crippen MR) is 106 cm³/mol. The van der Waals surface area contributed by atoms with E-state index in [2.05, 4.69) is 15.5 Å². The number of alkyl halides is 3. The fourth-order valence-electron chi connectivity index (χ4n) is 2.68. The van der Waals surface area contributed by atoms with Gasteiger partial charge in [-0.1, -0.05) is 42.5 Å². The largest absolute Gasteiger partial charge is 0.471 e. The zero-order valence-corrected chi connectivity index (χ0v) is 16.4. The summed E-state index contributed by atoms with van der Waals surface area (Å²) in [6.07, 6.45) is 1.43. The summed E-state index contributed by atoms with van der Waals surface area (Å²) in [5.41, 5.74) is 6.64. The lowest BCUT2D eigenvalue weighted by Crippen LogP contribution is -2.43. The lowest BCUT2D eigenvalue weighted by atomic mass is 10.0. The summed E-state index contributed by atoms with van der Waals surface area (Å²) in [7, 11) is 0. The van der Waals surface area contributed by atoms with E-state index in [1.54, 1.807) is 6.08 Å². The van der Waals surface area contributed by atoms with Crippen molar-refractivity contribution in [3.8, 4) is 0 Å². The maximum atomic E-state index is 12.9. The number of carbonyl (C=O) groups excluding carboxylic acids is 2. The van der Waals surface area contributed by atoms with Gasteiger partial charge in [-0.05, 0) is 25.3 Å². The average Bonchev–Trinajstić information content (AvgIpc) is 3.23. The van der Waals surface area contributed by atoms with Crippen molar-refractivity contribution in [3.05, 3.63) is 60.4 Å². The monoisotopic (exact) mass is 423 g/mol. The Morgan fingerprint density at radius 3 is 2.57 bits per heavy atom. The van der Waals surface area contributed by atoms with Crippen molar-refractivity contribution in [2.24, 2.45) is 5.73 Å². The minimum atomic E-state index is -5.03. The number of hydrogen-bond donors (Lipinski definition) is 3. The van der Waals surface area contributed by atoms with E-state index in [0.717, 1.165) is 11.8 Å². The highest BCUT2D eigenvalue weighted by atomic mass is 19.4. The highest BCUT2D eigenvalue weighted by Gasteiger charge is 2.43. The number of halogens is 3. The van der Waals surface area contributed by atoms with Crippen LogP contribution in [0.15, 0.2) is 54.9 Å². The molecule has 0 radical (unpaired) electrons. The smallest absolute Gasteiger partial charge is 0.349 e. The Morgan fingerprint density at radius 2 is 2.00 bits per heavy atom. The molecule has 162 valence electrons. The summed E-state index contributed by atoms with van der Waals surface area (Å²) in [5, 5.41) is 8.74. The van der Waals surface area contributed by atoms with E-state index >= 15 is 0 Å². The van der Waals surface area contributed by atoms with Gasteiger partial charge in [0.05, 0.1) is 17.9 Å². The Bertz CT molecular complexity index is 836. The van der Waals surface area contributed by atoms with Crippen molar-refractivity contribution >= 4 is 17.5 Å². The van der Waals surface area contributed by atoms with E-state index in [1.807, 2.05) is 30.3 Å². The fourth-order valence-corrected chi connectivity index (χ4v) is 2.68. The van der Waals surface area contributed by atoms with Crippen molar-refractivity contribution in [2.75, 3.05) is 11.4 Å². The van der Waals surface area contributed by atoms with Gasteiger partial charge in [0.2, 0.25) is 5.91 Å². The van der Waals surface area contributed by atoms with Gasteiger partial charge in [-0.25, -0.2) is 0 Å². The number of benzene rings is 1. The van der Waals surface area contributed by atoms with E-state index in [4.69, 9.17) is 5.73 Å². The van der Waals surface area contributed by atoms with Crippen LogP contribution in [0.4, 0.5) is 18.9 Å². The van der Waals surface area contributed by atoms with Crippen LogP contribution in [0.2, 0.25) is 0 Å². The van der Waals surface area contributed by atoms with E-state index in [0.29, 0.717) is 17.7 Å². The molecule has 1 heterocycles. The third-order valence-corrected chi connectivity index (χ3v) is 4.27. The number of amides is 2. The van der Waals surface area contributed by atoms with Crippen LogP contribution in [0, 0.1) is 0 Å². The molecule has 0 saturated heterocycles. The van der Waals surface area contributed by atoms with Gasteiger partial charge in [-0.3, -0.25) is 19.6 Å². The van der Waals surface area contributed by atoms with E-state index in [1.165, 1.54) is 19.2 Å². The number of aryl methyl sites for hydroxylation is 1. The average molecular weight is 423 g/mol. The zero-order chi connectivity index (χ0) is 22.1. The Labute approximate surface area is 172 Å². The molecule has 4 N–H and O–H groups in total. The lowest BCUT2D eigenvalue weighted by molar-refractivity contribution is -0.170. The zero-order valence-electron chi connectivity index (χ0n) is 16.4. The first-order valence-electron chi connectivity index (χ1n) is 9.32. The van der Waals surface area contributed by atoms with Crippen LogP contribution < -0.4 is 16.0 Å². The maximum Gasteiger partial charge on any atom is 0.471 e. The van der Waals surface area contributed by atoms with Crippen molar-refractivity contribution in [2.45, 2.75) is 38.0 Å². The number of nitrogens with zero attached hydrogens (tertiary/aromatic N) is 2. The molecule has 0 fully saturated rings. The molecular formula is C20H24F3N5O2. The van der Waals surface area contributed by atoms with Gasteiger partial charge >= 0.3 is 12.1 Å². The first-order valence-corrected chi connectivity index (χ1v) is 9.32. The van der Waals surface area contributed by atoms with Crippen LogP contribution in [0.3, 0.4) is 0 Å². The van der Waals surface area contributed by atoms with Crippen molar-refractivity contribution in [1.29, 1.82) is 0 Å². The molecule has 0 aliphatic rings. The standard InChI is InChI=1S/C20H24F3N5O2/c1-14(24)18(29)27-16(10-9-15-6-3-2-4-7-15)8-5-11-28(17-12-25-26-13-17)19(30)20(21,22)23/h2-8,12-14,16H,9-11,24H2,1H3,(H,25,26)(H,27,29)/b8-5+/t14-,16+/m0/s1. The second-order valence-corrected chi connectivity index (χ2v) is 6.73. The molecule has 2 amide bonds. The number of nitrogens with one attached hydrogen (secondary N) is 2. The summed E-state index contributed by atoms with van der Waals surface area (Å²) in [4.78, 5) is 24.3. The number of rotatable bonds is 9. The third-order valence-electron chi connectivity index (χ3n) is 4.27. The van der Waals surface area contributed by atoms with Crippen LogP contribution in [-0.4, -0.2) is 46.8 Å². The van der Waals surface area contributed by atoms with Crippen LogP contribution in [0.1, 0.15) is 18.9 Å². The molecule has 0 unspecified atom stereocenters. The second kappa shape index (κ2) is 10.6. The van der Waals surface area contributed by atoms with E-state index < -0.39 is 24.2 Å². The molecule has 10 heteroatoms. The molecule has 2 aromatic rings. The Kier molecular flexibility index (Phi) is 8.16. The van der Waals surface area contributed by atoms with Crippen molar-refractivity contribution < 1.29 is 22.8 Å². The molecule has 30 heavy (non-hydrogen) atoms. The number of H-pyrrole nitrogens is 1. The highest BCUT2D eigenvalue weighted by Crippen LogP contribution is 2.22. The van der Waals surface area contributed by atoms with Gasteiger partial charge in [0.15, 0.2) is 0 Å². The van der Waals surface area contributed by atoms with Crippen LogP contribution in [-0.2, 0) is 16.0 Å². The Balaban J connectivity index is 2.11. The molecule has 0 saturated carbocycles. The summed E-state index contributed by atoms with van der Waals surface area (Å²) in [6, 6.07) is 8.37. The topological polar surface area (TPSA) is 104 Å². The molecule has 2 atom stereocenters. The van der Waals surface area contributed by atoms with Gasteiger partial charge in [0.1, 0.15) is 0 Å². The van der Waals surface area contributed by atoms with Gasteiger partial charge in [0.25, 0.3) is 0 Å². The molecule has 0 bridgehead atoms. The molecule has 0 aliphatic heterocycles. The summed E-state index contributed by atoms with van der Waals surface area (Å²) in [5.74, 6) is -2.38. The molecule has 0 spiro atoms. The summed E-state index contributed by atoms with van der Waals surface area (Å²) >= 11 is 0. The number of nitrogens with two attached hydrogens (primary N) is 1. The Hall–Kier alpha value is -3.14. The highest BCUT2D eigenvalue weighted by molar-refractivity contribution is 5.97. The normalized spacial score (nSPS) is 13.8. The molecule has 7 nitrogen and oxygen atoms in total. The number of anilines is 1. The quantitative estimate of drug-likeness (QED) is 0.539. The molecule has 0 aliphatic carbocycles. The van der Waals surface area contributed by atoms with Crippen LogP contribution in [0.25, 0.3) is 0 Å². The van der Waals surface area contributed by atoms with E-state index in [9.17, 15) is 22.8 Å². The number of carbonyl (C=O) groups is 2. The molecule has 1 aromatic heterocycles. The van der Waals surface area contributed by atoms with Crippen molar-refractivity contribution in [3.63, 3.8) is 0 Å². The van der Waals surface area contributed by atoms with Gasteiger partial charge < -0.3 is 11.1 Å². The molecule has 1 aromatic carbocycles. The van der Waals surface area contributed by atoms with Crippen LogP contribution in [0.5, 0.6) is 0 Å². The maximum absolute atomic E-state index is 12.9. The van der Waals surface area contributed by atoms with Crippen molar-refractivity contribution in [1.82, 2.24) is 15.5 Å². The minimum Gasteiger partial charge on any atom is -0.349 e. The van der Waals surface area contributed by atoms with E-state index in [-0.39, 0.29) is 18.1 Å². The number of hydrogen-bond acceptors (Lipinski definition) is 4. The first kappa shape index (κ1) is 23.1. The molecule has 2 rings (SSSR count). The lowest BCUT2D eigenvalue weighted by Gasteiger charge is -2.21. The number of aromatic nitrogens is 2. The second-order valence-electron chi connectivity index (χ2n) is 6.73. The van der Waals surface area contributed by atoms with Gasteiger partial charge in [-0.15, -0.1) is 0 Å². The first-order chi connectivity index (χ1) is 14.2. The third kappa shape index (κ3) is 7.03. The predicted octanol–water partition coefficient (Wildman–Crippen LogP) is 2.33. The van der Waals surface area contributed by atoms with Crippen LogP contribution >= 0.6 is 0 Å². The summed E-state index contributed by atoms with van der Waals surface area (Å²) in [6.45, 7) is 1.20. The molecular weight excluding hydrogens is 399 g/mol.